The van der Waals surface area contributed by atoms with Crippen LogP contribution in [0.4, 0.5) is 0 Å². The van der Waals surface area contributed by atoms with E-state index in [-0.39, 0.29) is 18.2 Å². The molecule has 1 aliphatic rings. The molecular formula is C22H22N4O3. The lowest BCUT2D eigenvalue weighted by atomic mass is 10.1. The molecule has 1 saturated heterocycles. The summed E-state index contributed by atoms with van der Waals surface area (Å²) in [6, 6.07) is 16.8. The molecule has 7 nitrogen and oxygen atoms in total. The first-order chi connectivity index (χ1) is 14.1. The van der Waals surface area contributed by atoms with Crippen LogP contribution in [0, 0.1) is 0 Å². The summed E-state index contributed by atoms with van der Waals surface area (Å²) in [4.78, 5) is 24.3. The third-order valence-corrected chi connectivity index (χ3v) is 4.91. The minimum Gasteiger partial charge on any atom is -0.497 e. The molecule has 148 valence electrons. The van der Waals surface area contributed by atoms with Crippen molar-refractivity contribution in [3.8, 4) is 22.7 Å². The van der Waals surface area contributed by atoms with Crippen LogP contribution >= 0.6 is 0 Å². The summed E-state index contributed by atoms with van der Waals surface area (Å²) in [5.41, 5.74) is 3.31. The number of aromatic nitrogens is 2. The highest BCUT2D eigenvalue weighted by Crippen LogP contribution is 2.26. The monoisotopic (exact) mass is 390 g/mol. The van der Waals surface area contributed by atoms with E-state index in [1.54, 1.807) is 11.8 Å². The number of ether oxygens (including phenoxy) is 1. The lowest BCUT2D eigenvalue weighted by Crippen LogP contribution is -2.40. The Morgan fingerprint density at radius 2 is 1.97 bits per heavy atom. The summed E-state index contributed by atoms with van der Waals surface area (Å²) in [5.74, 6) is 0.422. The van der Waals surface area contributed by atoms with E-state index in [1.165, 1.54) is 0 Å². The van der Waals surface area contributed by atoms with Gasteiger partial charge in [0.15, 0.2) is 0 Å². The second-order valence-corrected chi connectivity index (χ2v) is 6.89. The predicted octanol–water partition coefficient (Wildman–Crippen LogP) is 2.10. The van der Waals surface area contributed by atoms with Crippen LogP contribution in [-0.4, -0.2) is 41.3 Å². The molecule has 0 saturated carbocycles. The van der Waals surface area contributed by atoms with Crippen molar-refractivity contribution in [2.75, 3.05) is 13.7 Å². The first kappa shape index (κ1) is 18.7. The van der Waals surface area contributed by atoms with E-state index < -0.39 is 6.04 Å². The molecule has 1 aliphatic heterocycles. The van der Waals surface area contributed by atoms with E-state index in [0.29, 0.717) is 13.0 Å². The van der Waals surface area contributed by atoms with Crippen LogP contribution in [0.15, 0.2) is 60.8 Å². The number of carbonyl (C=O) groups excluding carboxylic acids is 2. The van der Waals surface area contributed by atoms with Gasteiger partial charge in [-0.2, -0.15) is 5.10 Å². The second-order valence-electron chi connectivity index (χ2n) is 6.89. The van der Waals surface area contributed by atoms with Crippen LogP contribution in [-0.2, 0) is 16.0 Å². The smallest absolute Gasteiger partial charge is 0.242 e. The number of nitrogens with zero attached hydrogens (tertiary/aromatic N) is 2. The fourth-order valence-electron chi connectivity index (χ4n) is 3.39. The average molecular weight is 390 g/mol. The number of hydrogen-bond donors (Lipinski definition) is 2. The number of rotatable bonds is 6. The molecule has 4 rings (SSSR count). The van der Waals surface area contributed by atoms with E-state index in [2.05, 4.69) is 10.6 Å². The van der Waals surface area contributed by atoms with Crippen LogP contribution in [0.2, 0.25) is 0 Å². The molecule has 2 heterocycles. The summed E-state index contributed by atoms with van der Waals surface area (Å²) in [7, 11) is 1.62. The highest BCUT2D eigenvalue weighted by atomic mass is 16.5. The zero-order valence-electron chi connectivity index (χ0n) is 16.1. The minimum absolute atomic E-state index is 0.131. The summed E-state index contributed by atoms with van der Waals surface area (Å²) in [6.07, 6.45) is 2.61. The molecule has 1 aromatic heterocycles. The lowest BCUT2D eigenvalue weighted by Gasteiger charge is -2.10. The standard InChI is InChI=1S/C22H22N4O3/c1-29-18-9-7-15(8-10-18)21-16(13-20(27)24-19-11-12-23-22(19)28)14-26(25-21)17-5-3-2-4-6-17/h2-10,14,19H,11-13H2,1H3,(H,23,28)(H,24,27). The van der Waals surface area contributed by atoms with Crippen LogP contribution in [0.3, 0.4) is 0 Å². The maximum absolute atomic E-state index is 12.6. The Balaban J connectivity index is 1.64. The van der Waals surface area contributed by atoms with Gasteiger partial charge in [0.2, 0.25) is 11.8 Å². The molecule has 0 spiro atoms. The van der Waals surface area contributed by atoms with Crippen molar-refractivity contribution in [1.29, 1.82) is 0 Å². The van der Waals surface area contributed by atoms with Crippen molar-refractivity contribution in [3.05, 3.63) is 66.4 Å². The van der Waals surface area contributed by atoms with Gasteiger partial charge in [-0.15, -0.1) is 0 Å². The normalized spacial score (nSPS) is 15.8. The van der Waals surface area contributed by atoms with E-state index in [1.807, 2.05) is 60.8 Å². The van der Waals surface area contributed by atoms with Gasteiger partial charge in [-0.1, -0.05) is 18.2 Å². The number of para-hydroxylation sites is 1. The van der Waals surface area contributed by atoms with E-state index >= 15 is 0 Å². The van der Waals surface area contributed by atoms with Gasteiger partial charge in [0.25, 0.3) is 0 Å². The number of amides is 2. The van der Waals surface area contributed by atoms with Gasteiger partial charge in [0, 0.05) is 23.9 Å². The van der Waals surface area contributed by atoms with Gasteiger partial charge in [-0.05, 0) is 42.8 Å². The summed E-state index contributed by atoms with van der Waals surface area (Å²) < 4.78 is 7.00. The molecule has 0 radical (unpaired) electrons. The Labute approximate surface area is 168 Å². The molecular weight excluding hydrogens is 368 g/mol. The Morgan fingerprint density at radius 3 is 2.62 bits per heavy atom. The Hall–Kier alpha value is -3.61. The fourth-order valence-corrected chi connectivity index (χ4v) is 3.39. The average Bonchev–Trinajstić information content (AvgIpc) is 3.35. The molecule has 1 unspecified atom stereocenters. The molecule has 0 bridgehead atoms. The summed E-state index contributed by atoms with van der Waals surface area (Å²) in [6.45, 7) is 0.590. The Bertz CT molecular complexity index is 1010. The van der Waals surface area contributed by atoms with Crippen LogP contribution < -0.4 is 15.4 Å². The predicted molar refractivity (Wildman–Crippen MR) is 109 cm³/mol. The number of carbonyl (C=O) groups is 2. The molecule has 1 fully saturated rings. The number of benzene rings is 2. The molecule has 0 aliphatic carbocycles. The van der Waals surface area contributed by atoms with Gasteiger partial charge >= 0.3 is 0 Å². The molecule has 2 N–H and O–H groups in total. The van der Waals surface area contributed by atoms with Crippen molar-refractivity contribution in [1.82, 2.24) is 20.4 Å². The molecule has 29 heavy (non-hydrogen) atoms. The van der Waals surface area contributed by atoms with E-state index in [9.17, 15) is 9.59 Å². The lowest BCUT2D eigenvalue weighted by molar-refractivity contribution is -0.127. The maximum atomic E-state index is 12.6. The second kappa shape index (κ2) is 8.18. The van der Waals surface area contributed by atoms with E-state index in [4.69, 9.17) is 9.84 Å². The SMILES string of the molecule is COc1ccc(-c2nn(-c3ccccc3)cc2CC(=O)NC2CCNC2=O)cc1. The fraction of sp³-hybridized carbons (Fsp3) is 0.227. The first-order valence-electron chi connectivity index (χ1n) is 9.49. The zero-order chi connectivity index (χ0) is 20.2. The maximum Gasteiger partial charge on any atom is 0.242 e. The quantitative estimate of drug-likeness (QED) is 0.675. The molecule has 1 atom stereocenters. The molecule has 7 heteroatoms. The van der Waals surface area contributed by atoms with Crippen molar-refractivity contribution in [2.24, 2.45) is 0 Å². The summed E-state index contributed by atoms with van der Waals surface area (Å²) >= 11 is 0. The Kier molecular flexibility index (Phi) is 5.29. The van der Waals surface area contributed by atoms with Gasteiger partial charge in [-0.25, -0.2) is 4.68 Å². The molecule has 3 aromatic rings. The molecule has 2 aromatic carbocycles. The van der Waals surface area contributed by atoms with Gasteiger partial charge in [-0.3, -0.25) is 9.59 Å². The van der Waals surface area contributed by atoms with Gasteiger partial charge < -0.3 is 15.4 Å². The van der Waals surface area contributed by atoms with Crippen molar-refractivity contribution in [3.63, 3.8) is 0 Å². The van der Waals surface area contributed by atoms with Crippen LogP contribution in [0.1, 0.15) is 12.0 Å². The third kappa shape index (κ3) is 4.13. The van der Waals surface area contributed by atoms with Gasteiger partial charge in [0.1, 0.15) is 11.8 Å². The largest absolute Gasteiger partial charge is 0.497 e. The number of hydrogen-bond acceptors (Lipinski definition) is 4. The first-order valence-corrected chi connectivity index (χ1v) is 9.49. The zero-order valence-corrected chi connectivity index (χ0v) is 16.1. The van der Waals surface area contributed by atoms with Crippen LogP contribution in [0.25, 0.3) is 16.9 Å². The van der Waals surface area contributed by atoms with E-state index in [0.717, 1.165) is 28.3 Å². The Morgan fingerprint density at radius 1 is 1.21 bits per heavy atom. The molecule has 2 amide bonds. The number of methoxy groups -OCH3 is 1. The highest BCUT2D eigenvalue weighted by molar-refractivity contribution is 5.90. The van der Waals surface area contributed by atoms with Gasteiger partial charge in [0.05, 0.1) is 24.9 Å². The summed E-state index contributed by atoms with van der Waals surface area (Å²) in [5, 5.41) is 10.3. The van der Waals surface area contributed by atoms with Crippen molar-refractivity contribution in [2.45, 2.75) is 18.9 Å². The number of nitrogens with one attached hydrogen (secondary N) is 2. The highest BCUT2D eigenvalue weighted by Gasteiger charge is 2.26. The minimum atomic E-state index is -0.462. The van der Waals surface area contributed by atoms with Crippen molar-refractivity contribution < 1.29 is 14.3 Å². The van der Waals surface area contributed by atoms with Crippen molar-refractivity contribution >= 4 is 11.8 Å². The third-order valence-electron chi connectivity index (χ3n) is 4.91. The topological polar surface area (TPSA) is 85.2 Å². The van der Waals surface area contributed by atoms with Crippen LogP contribution in [0.5, 0.6) is 5.75 Å².